The van der Waals surface area contributed by atoms with Gasteiger partial charge in [-0.1, -0.05) is 45.3 Å². The molecule has 0 aliphatic heterocycles. The van der Waals surface area contributed by atoms with Crippen molar-refractivity contribution in [2.24, 2.45) is 5.41 Å². The summed E-state index contributed by atoms with van der Waals surface area (Å²) in [5.74, 6) is 0. The van der Waals surface area contributed by atoms with Gasteiger partial charge in [0.05, 0.1) is 0 Å². The SMILES string of the molecule is [Al+3].[CH-]=C(C)/C=C/C1=C(C)CCCC1(C)C.[CH2-]CCC.[CH3-].[CH3-].[Li+]. The monoisotopic (exact) mass is 310 g/mol. The Morgan fingerprint density at radius 3 is 2.09 bits per heavy atom. The Labute approximate surface area is 165 Å². The molecule has 0 spiro atoms. The molecule has 0 fully saturated rings. The van der Waals surface area contributed by atoms with Gasteiger partial charge in [0.15, 0.2) is 0 Å². The van der Waals surface area contributed by atoms with Crippen molar-refractivity contribution < 1.29 is 18.9 Å². The summed E-state index contributed by atoms with van der Waals surface area (Å²) in [6, 6.07) is 0. The first-order valence-electron chi connectivity index (χ1n) is 7.11. The van der Waals surface area contributed by atoms with Crippen molar-refractivity contribution in [3.05, 3.63) is 57.2 Å². The molecule has 0 radical (unpaired) electrons. The molecule has 0 atom stereocenters. The summed E-state index contributed by atoms with van der Waals surface area (Å²) < 4.78 is 0. The molecule has 1 aliphatic rings. The second-order valence-electron chi connectivity index (χ2n) is 5.86. The first-order valence-corrected chi connectivity index (χ1v) is 7.11. The van der Waals surface area contributed by atoms with Gasteiger partial charge in [-0.2, -0.15) is 6.42 Å². The first kappa shape index (κ1) is 33.8. The van der Waals surface area contributed by atoms with Gasteiger partial charge in [0.25, 0.3) is 0 Å². The van der Waals surface area contributed by atoms with Crippen LogP contribution in [-0.2, 0) is 0 Å². The summed E-state index contributed by atoms with van der Waals surface area (Å²) in [4.78, 5) is 0. The molecule has 120 valence electrons. The number of allylic oxidation sites excluding steroid dienone is 5. The van der Waals surface area contributed by atoms with E-state index in [9.17, 15) is 0 Å². The van der Waals surface area contributed by atoms with Crippen molar-refractivity contribution in [3.8, 4) is 0 Å². The van der Waals surface area contributed by atoms with Crippen LogP contribution in [0.15, 0.2) is 28.9 Å². The Bertz CT molecular complexity index is 323. The number of rotatable bonds is 3. The summed E-state index contributed by atoms with van der Waals surface area (Å²) in [6.45, 7) is 20.2. The third-order valence-electron chi connectivity index (χ3n) is 3.41. The average molecular weight is 310 g/mol. The molecule has 0 nitrogen and oxygen atoms in total. The van der Waals surface area contributed by atoms with Crippen LogP contribution < -0.4 is 18.9 Å². The van der Waals surface area contributed by atoms with Gasteiger partial charge in [0.2, 0.25) is 0 Å². The molecule has 1 aliphatic carbocycles. The zero-order chi connectivity index (χ0) is 14.2. The van der Waals surface area contributed by atoms with Crippen LogP contribution in [0.25, 0.3) is 0 Å². The van der Waals surface area contributed by atoms with Crippen LogP contribution in [0.1, 0.15) is 66.7 Å². The molecule has 0 amide bonds. The summed E-state index contributed by atoms with van der Waals surface area (Å²) in [6.07, 6.45) is 10.3. The van der Waals surface area contributed by atoms with E-state index in [2.05, 4.69) is 40.7 Å². The minimum absolute atomic E-state index is 0. The van der Waals surface area contributed by atoms with Gasteiger partial charge >= 0.3 is 36.2 Å². The van der Waals surface area contributed by atoms with Gasteiger partial charge in [-0.25, -0.2) is 11.6 Å². The fraction of sp³-hybridized carbons (Fsp3) is 0.550. The van der Waals surface area contributed by atoms with Crippen LogP contribution >= 0.6 is 0 Å². The minimum Gasteiger partial charge on any atom is -0.358 e. The maximum Gasteiger partial charge on any atom is 3.00 e. The second-order valence-corrected chi connectivity index (χ2v) is 5.86. The Morgan fingerprint density at radius 1 is 1.32 bits per heavy atom. The van der Waals surface area contributed by atoms with Crippen molar-refractivity contribution in [2.75, 3.05) is 0 Å². The maximum atomic E-state index is 5.65. The fourth-order valence-corrected chi connectivity index (χ4v) is 2.23. The average Bonchev–Trinajstić information content (AvgIpc) is 2.27. The number of hydrogen-bond donors (Lipinski definition) is 0. The van der Waals surface area contributed by atoms with E-state index in [1.807, 2.05) is 13.0 Å². The second kappa shape index (κ2) is 17.7. The summed E-state index contributed by atoms with van der Waals surface area (Å²) in [5.41, 5.74) is 4.22. The van der Waals surface area contributed by atoms with Gasteiger partial charge in [-0.3, -0.25) is 6.58 Å². The Morgan fingerprint density at radius 2 is 1.77 bits per heavy atom. The Balaban J connectivity index is -0.000000109. The largest absolute Gasteiger partial charge is 3.00 e. The van der Waals surface area contributed by atoms with E-state index < -0.39 is 0 Å². The molecule has 0 bridgehead atoms. The summed E-state index contributed by atoms with van der Waals surface area (Å²) >= 11 is 0. The minimum atomic E-state index is 0. The number of hydrogen-bond acceptors (Lipinski definition) is 0. The predicted octanol–water partition coefficient (Wildman–Crippen LogP) is 3.59. The van der Waals surface area contributed by atoms with E-state index in [1.54, 1.807) is 0 Å². The topological polar surface area (TPSA) is 0 Å². The quantitative estimate of drug-likeness (QED) is 0.424. The van der Waals surface area contributed by atoms with Crippen LogP contribution in [0, 0.1) is 33.8 Å². The molecule has 22 heavy (non-hydrogen) atoms. The van der Waals surface area contributed by atoms with E-state index >= 15 is 0 Å². The van der Waals surface area contributed by atoms with Crippen LogP contribution in [0.5, 0.6) is 0 Å². The molecule has 0 N–H and O–H groups in total. The maximum absolute atomic E-state index is 5.65. The van der Waals surface area contributed by atoms with Gasteiger partial charge in [0, 0.05) is 0 Å². The molecule has 0 unspecified atom stereocenters. The van der Waals surface area contributed by atoms with E-state index in [1.165, 1.54) is 36.8 Å². The van der Waals surface area contributed by atoms with Crippen LogP contribution in [0.4, 0.5) is 0 Å². The van der Waals surface area contributed by atoms with Crippen molar-refractivity contribution in [1.82, 2.24) is 0 Å². The summed E-state index contributed by atoms with van der Waals surface area (Å²) in [5, 5.41) is 0. The van der Waals surface area contributed by atoms with Crippen molar-refractivity contribution in [2.45, 2.75) is 66.7 Å². The zero-order valence-corrected chi connectivity index (χ0v) is 17.7. The van der Waals surface area contributed by atoms with Crippen LogP contribution in [0.3, 0.4) is 0 Å². The summed E-state index contributed by atoms with van der Waals surface area (Å²) in [7, 11) is 0. The normalized spacial score (nSPS) is 15.2. The molecule has 0 aromatic carbocycles. The molecular weight excluding hydrogens is 274 g/mol. The molecule has 1 rings (SSSR count). The smallest absolute Gasteiger partial charge is 0.358 e. The van der Waals surface area contributed by atoms with Crippen molar-refractivity contribution >= 4 is 17.4 Å². The van der Waals surface area contributed by atoms with E-state index in [0.717, 1.165) is 12.0 Å². The molecule has 0 saturated heterocycles. The predicted molar refractivity (Wildman–Crippen MR) is 102 cm³/mol. The van der Waals surface area contributed by atoms with Crippen LogP contribution in [-0.4, -0.2) is 17.4 Å². The standard InChI is InChI=1S/C14H21.C4H9.2CH3.Al.Li/c1-11(2)8-9-13-12(3)7-6-10-14(13,4)5;1-3-4-2;;;;/h1,8-9H,6-7,10H2,2-5H3;1,3-4H2,2H3;2*1H3;;/q4*-1;+3;+1/b9-8+;;;;;. The van der Waals surface area contributed by atoms with E-state index in [4.69, 9.17) is 6.58 Å². The van der Waals surface area contributed by atoms with Gasteiger partial charge in [-0.05, 0) is 31.6 Å². The molecule has 2 heteroatoms. The van der Waals surface area contributed by atoms with E-state index in [-0.39, 0.29) is 51.1 Å². The fourth-order valence-electron chi connectivity index (χ4n) is 2.23. The molecule has 0 aromatic rings. The van der Waals surface area contributed by atoms with Gasteiger partial charge < -0.3 is 21.8 Å². The van der Waals surface area contributed by atoms with Gasteiger partial charge in [0.1, 0.15) is 0 Å². The number of unbranched alkanes of at least 4 members (excludes halogenated alkanes) is 1. The van der Waals surface area contributed by atoms with E-state index in [0.29, 0.717) is 5.41 Å². The first-order chi connectivity index (χ1) is 8.35. The third-order valence-corrected chi connectivity index (χ3v) is 3.41. The van der Waals surface area contributed by atoms with Gasteiger partial charge in [-0.15, -0.1) is 6.08 Å². The Hall–Kier alpha value is 0.350. The van der Waals surface area contributed by atoms with Crippen molar-refractivity contribution in [3.63, 3.8) is 0 Å². The molecule has 0 aromatic heterocycles. The third kappa shape index (κ3) is 14.0. The van der Waals surface area contributed by atoms with Crippen LogP contribution in [0.2, 0.25) is 0 Å². The zero-order valence-electron chi connectivity index (χ0n) is 16.6. The molecule has 0 saturated carbocycles. The molecular formula is C20H36AlLi. The van der Waals surface area contributed by atoms with Crippen molar-refractivity contribution in [1.29, 1.82) is 0 Å². The Kier molecular flexibility index (Phi) is 27.2. The molecule has 0 heterocycles.